The van der Waals surface area contributed by atoms with Crippen LogP contribution in [-0.4, -0.2) is 50.3 Å². The molecule has 0 amide bonds. The highest BCUT2D eigenvalue weighted by Gasteiger charge is 2.18. The summed E-state index contributed by atoms with van der Waals surface area (Å²) in [5.41, 5.74) is 0.586. The number of carbonyl (C=O) groups is 4. The fraction of sp³-hybridized carbons (Fsp3) is 0.706. The summed E-state index contributed by atoms with van der Waals surface area (Å²) in [7, 11) is 0. The van der Waals surface area contributed by atoms with Gasteiger partial charge in [-0.1, -0.05) is 90.2 Å². The molecule has 238 valence electrons. The largest absolute Gasteiger partial charge is 0.466 e. The van der Waals surface area contributed by atoms with Crippen molar-refractivity contribution in [3.8, 4) is 0 Å². The van der Waals surface area contributed by atoms with E-state index in [9.17, 15) is 19.2 Å². The molecule has 1 saturated heterocycles. The molecule has 0 spiro atoms. The quantitative estimate of drug-likeness (QED) is 0.108. The van der Waals surface area contributed by atoms with Crippen molar-refractivity contribution < 1.29 is 38.1 Å². The molecule has 0 N–H and O–H groups in total. The Morgan fingerprint density at radius 2 is 0.976 bits per heavy atom. The Kier molecular flexibility index (Phi) is 22.8. The van der Waals surface area contributed by atoms with Crippen molar-refractivity contribution in [3.63, 3.8) is 0 Å². The second-order valence-electron chi connectivity index (χ2n) is 10.7. The molecule has 2 rings (SSSR count). The molecule has 0 atom stereocenters. The number of cyclic esters (lactones) is 2. The summed E-state index contributed by atoms with van der Waals surface area (Å²) in [5, 5.41) is 0. The zero-order valence-electron chi connectivity index (χ0n) is 26.1. The maximum absolute atomic E-state index is 12.4. The van der Waals surface area contributed by atoms with Crippen LogP contribution in [0.25, 0.3) is 0 Å². The lowest BCUT2D eigenvalue weighted by Gasteiger charge is -2.10. The Morgan fingerprint density at radius 1 is 0.595 bits per heavy atom. The maximum atomic E-state index is 12.4. The zero-order valence-corrected chi connectivity index (χ0v) is 26.1. The van der Waals surface area contributed by atoms with Crippen LogP contribution < -0.4 is 0 Å². The first-order valence-corrected chi connectivity index (χ1v) is 16.2. The average Bonchev–Trinajstić information content (AvgIpc) is 2.99. The Labute approximate surface area is 253 Å². The summed E-state index contributed by atoms with van der Waals surface area (Å²) in [5.74, 6) is -1.20. The topological polar surface area (TPSA) is 105 Å². The minimum absolute atomic E-state index is 0.154. The molecule has 1 heterocycles. The van der Waals surface area contributed by atoms with E-state index in [1.165, 1.54) is 51.4 Å². The Bertz CT molecular complexity index is 811. The minimum Gasteiger partial charge on any atom is -0.466 e. The normalized spacial score (nSPS) is 14.2. The predicted molar refractivity (Wildman–Crippen MR) is 163 cm³/mol. The third-order valence-electron chi connectivity index (χ3n) is 6.91. The smallest absolute Gasteiger partial charge is 0.339 e. The summed E-state index contributed by atoms with van der Waals surface area (Å²) in [6.07, 6.45) is 17.4. The van der Waals surface area contributed by atoms with E-state index in [-0.39, 0.29) is 11.9 Å². The monoisotopic (exact) mass is 590 g/mol. The number of esters is 4. The molecule has 1 aliphatic rings. The zero-order chi connectivity index (χ0) is 30.7. The first-order chi connectivity index (χ1) is 20.5. The molecule has 1 aromatic rings. The van der Waals surface area contributed by atoms with Gasteiger partial charge >= 0.3 is 23.9 Å². The molecule has 42 heavy (non-hydrogen) atoms. The Balaban J connectivity index is 0.000000525. The van der Waals surface area contributed by atoms with Crippen molar-refractivity contribution in [2.45, 2.75) is 129 Å². The number of hydrogen-bond donors (Lipinski definition) is 0. The lowest BCUT2D eigenvalue weighted by Crippen LogP contribution is -2.15. The van der Waals surface area contributed by atoms with Gasteiger partial charge in [0, 0.05) is 12.8 Å². The van der Waals surface area contributed by atoms with Crippen molar-refractivity contribution in [1.82, 2.24) is 0 Å². The van der Waals surface area contributed by atoms with Gasteiger partial charge in [0.1, 0.15) is 0 Å². The van der Waals surface area contributed by atoms with Gasteiger partial charge in [-0.3, -0.25) is 9.59 Å². The van der Waals surface area contributed by atoms with Gasteiger partial charge in [-0.2, -0.15) is 0 Å². The molecule has 0 aromatic heterocycles. The van der Waals surface area contributed by atoms with E-state index >= 15 is 0 Å². The molecular formula is C34H54O8. The van der Waals surface area contributed by atoms with Gasteiger partial charge in [-0.25, -0.2) is 9.59 Å². The molecule has 1 aliphatic heterocycles. The second-order valence-corrected chi connectivity index (χ2v) is 10.7. The summed E-state index contributed by atoms with van der Waals surface area (Å²) < 4.78 is 20.6. The van der Waals surface area contributed by atoms with E-state index in [1.807, 2.05) is 0 Å². The Morgan fingerprint density at radius 3 is 1.38 bits per heavy atom. The van der Waals surface area contributed by atoms with Gasteiger partial charge in [0.05, 0.1) is 37.6 Å². The maximum Gasteiger partial charge on any atom is 0.339 e. The Hall–Kier alpha value is -2.90. The van der Waals surface area contributed by atoms with Crippen molar-refractivity contribution >= 4 is 23.9 Å². The van der Waals surface area contributed by atoms with Crippen molar-refractivity contribution in [2.24, 2.45) is 0 Å². The van der Waals surface area contributed by atoms with E-state index < -0.39 is 11.9 Å². The van der Waals surface area contributed by atoms with Crippen LogP contribution >= 0.6 is 0 Å². The van der Waals surface area contributed by atoms with Crippen LogP contribution in [0.5, 0.6) is 0 Å². The number of hydrogen-bond acceptors (Lipinski definition) is 8. The van der Waals surface area contributed by atoms with E-state index in [1.54, 1.807) is 24.3 Å². The fourth-order valence-electron chi connectivity index (χ4n) is 4.35. The molecule has 0 aliphatic carbocycles. The first kappa shape index (κ1) is 37.1. The number of benzene rings is 1. The fourth-order valence-corrected chi connectivity index (χ4v) is 4.35. The van der Waals surface area contributed by atoms with Crippen molar-refractivity contribution in [1.29, 1.82) is 0 Å². The molecule has 8 nitrogen and oxygen atoms in total. The van der Waals surface area contributed by atoms with Gasteiger partial charge < -0.3 is 18.9 Å². The van der Waals surface area contributed by atoms with Crippen LogP contribution in [0.3, 0.4) is 0 Å². The number of rotatable bonds is 16. The van der Waals surface area contributed by atoms with E-state index in [0.717, 1.165) is 38.5 Å². The minimum atomic E-state index is -0.444. The highest BCUT2D eigenvalue weighted by atomic mass is 16.5. The van der Waals surface area contributed by atoms with E-state index in [0.29, 0.717) is 63.2 Å². The van der Waals surface area contributed by atoms with Crippen LogP contribution in [0, 0.1) is 0 Å². The van der Waals surface area contributed by atoms with E-state index in [4.69, 9.17) is 18.9 Å². The van der Waals surface area contributed by atoms with Gasteiger partial charge in [-0.15, -0.1) is 0 Å². The van der Waals surface area contributed by atoms with Crippen LogP contribution in [0.1, 0.15) is 150 Å². The molecule has 0 bridgehead atoms. The summed E-state index contributed by atoms with van der Waals surface area (Å²) in [6, 6.07) is 6.74. The summed E-state index contributed by atoms with van der Waals surface area (Å²) in [6.45, 7) is 6.06. The molecule has 0 saturated carbocycles. The van der Waals surface area contributed by atoms with Gasteiger partial charge in [0.25, 0.3) is 0 Å². The number of unbranched alkanes of at least 4 members (excludes halogenated alkanes) is 10. The molecule has 0 radical (unpaired) electrons. The second kappa shape index (κ2) is 25.8. The number of ether oxygens (including phenoxy) is 4. The SMILES string of the molecule is CCCCCCCCOC(=O)c1ccccc1C(=O)OCCCCCCCC.O=C1CCCCC(=O)OCCCCO1. The van der Waals surface area contributed by atoms with Crippen LogP contribution in [0.15, 0.2) is 24.3 Å². The van der Waals surface area contributed by atoms with Crippen LogP contribution in [-0.2, 0) is 28.5 Å². The average molecular weight is 591 g/mol. The third kappa shape index (κ3) is 19.3. The molecule has 0 unspecified atom stereocenters. The molecule has 8 heteroatoms. The standard InChI is InChI=1S/C24H38O4.C10H16O4/c1-3-5-7-9-11-15-19-27-23(25)21-17-13-14-18-22(21)24(26)28-20-16-12-10-8-6-4-2;11-9-5-1-2-6-10(12)14-8-4-3-7-13-9/h13-14,17-18H,3-12,15-16,19-20H2,1-2H3;1-8H2. The summed E-state index contributed by atoms with van der Waals surface area (Å²) in [4.78, 5) is 46.8. The van der Waals surface area contributed by atoms with Crippen molar-refractivity contribution in [2.75, 3.05) is 26.4 Å². The van der Waals surface area contributed by atoms with Gasteiger partial charge in [0.2, 0.25) is 0 Å². The van der Waals surface area contributed by atoms with E-state index in [2.05, 4.69) is 13.8 Å². The lowest BCUT2D eigenvalue weighted by atomic mass is 10.1. The van der Waals surface area contributed by atoms with Gasteiger partial charge in [0.15, 0.2) is 0 Å². The molecule has 1 fully saturated rings. The van der Waals surface area contributed by atoms with Crippen LogP contribution in [0.4, 0.5) is 0 Å². The predicted octanol–water partition coefficient (Wildman–Crippen LogP) is 8.15. The third-order valence-corrected chi connectivity index (χ3v) is 6.91. The lowest BCUT2D eigenvalue weighted by molar-refractivity contribution is -0.147. The first-order valence-electron chi connectivity index (χ1n) is 16.2. The summed E-state index contributed by atoms with van der Waals surface area (Å²) >= 11 is 0. The number of carbonyl (C=O) groups excluding carboxylic acids is 4. The van der Waals surface area contributed by atoms with Crippen LogP contribution in [0.2, 0.25) is 0 Å². The highest BCUT2D eigenvalue weighted by molar-refractivity contribution is 6.03. The molecule has 1 aromatic carbocycles. The highest BCUT2D eigenvalue weighted by Crippen LogP contribution is 2.14. The molecular weight excluding hydrogens is 536 g/mol. The van der Waals surface area contributed by atoms with Gasteiger partial charge in [-0.05, 0) is 50.7 Å². The van der Waals surface area contributed by atoms with Crippen molar-refractivity contribution in [3.05, 3.63) is 35.4 Å².